The summed E-state index contributed by atoms with van der Waals surface area (Å²) in [7, 11) is 0. The molecule has 5 heteroatoms. The number of nitrogens with one attached hydrogen (secondary N) is 1. The molecule has 1 heterocycles. The maximum absolute atomic E-state index is 11.4. The lowest BCUT2D eigenvalue weighted by Crippen LogP contribution is -2.15. The zero-order valence-corrected chi connectivity index (χ0v) is 10.9. The SMILES string of the molecule is CC#CCNc1nnc(CC)c(CC)c1C(=O)O. The largest absolute Gasteiger partial charge is 0.478 e. The molecule has 0 amide bonds. The monoisotopic (exact) mass is 247 g/mol. The number of aromatic nitrogens is 2. The van der Waals surface area contributed by atoms with Crippen LogP contribution >= 0.6 is 0 Å². The van der Waals surface area contributed by atoms with Gasteiger partial charge in [0.25, 0.3) is 0 Å². The number of carboxylic acids is 1. The molecule has 0 saturated heterocycles. The minimum absolute atomic E-state index is 0.210. The molecule has 0 unspecified atom stereocenters. The molecule has 0 atom stereocenters. The summed E-state index contributed by atoms with van der Waals surface area (Å²) < 4.78 is 0. The Labute approximate surface area is 107 Å². The number of anilines is 1. The third-order valence-corrected chi connectivity index (χ3v) is 2.58. The first-order valence-corrected chi connectivity index (χ1v) is 5.90. The van der Waals surface area contributed by atoms with Crippen molar-refractivity contribution in [2.45, 2.75) is 33.6 Å². The average Bonchev–Trinajstić information content (AvgIpc) is 2.37. The third-order valence-electron chi connectivity index (χ3n) is 2.58. The first-order chi connectivity index (χ1) is 8.65. The second kappa shape index (κ2) is 6.60. The normalized spacial score (nSPS) is 9.50. The van der Waals surface area contributed by atoms with Crippen LogP contribution in [0.1, 0.15) is 42.4 Å². The van der Waals surface area contributed by atoms with Crippen LogP contribution in [-0.4, -0.2) is 27.8 Å². The van der Waals surface area contributed by atoms with Crippen molar-refractivity contribution < 1.29 is 9.90 Å². The first-order valence-electron chi connectivity index (χ1n) is 5.90. The molecule has 0 spiro atoms. The lowest BCUT2D eigenvalue weighted by atomic mass is 10.0. The molecule has 0 radical (unpaired) electrons. The molecule has 1 aromatic rings. The van der Waals surface area contributed by atoms with E-state index in [9.17, 15) is 9.90 Å². The van der Waals surface area contributed by atoms with Crippen molar-refractivity contribution in [3.8, 4) is 11.8 Å². The summed E-state index contributed by atoms with van der Waals surface area (Å²) in [5.74, 6) is 4.84. The Kier molecular flexibility index (Phi) is 5.12. The van der Waals surface area contributed by atoms with E-state index in [1.807, 2.05) is 13.8 Å². The molecule has 0 bridgehead atoms. The van der Waals surface area contributed by atoms with Gasteiger partial charge in [-0.1, -0.05) is 19.8 Å². The van der Waals surface area contributed by atoms with Crippen LogP contribution in [0.25, 0.3) is 0 Å². The van der Waals surface area contributed by atoms with Gasteiger partial charge < -0.3 is 10.4 Å². The fraction of sp³-hybridized carbons (Fsp3) is 0.462. The van der Waals surface area contributed by atoms with Gasteiger partial charge in [-0.05, 0) is 25.3 Å². The standard InChI is InChI=1S/C13H17N3O2/c1-4-7-8-14-12-11(13(17)18)9(5-2)10(6-3)15-16-12/h5-6,8H2,1-3H3,(H,14,16)(H,17,18). The summed E-state index contributed by atoms with van der Waals surface area (Å²) in [6.07, 6.45) is 1.29. The van der Waals surface area contributed by atoms with Gasteiger partial charge in [0, 0.05) is 0 Å². The highest BCUT2D eigenvalue weighted by Crippen LogP contribution is 2.20. The predicted octanol–water partition coefficient (Wildman–Crippen LogP) is 1.73. The molecular formula is C13H17N3O2. The molecule has 0 fully saturated rings. The van der Waals surface area contributed by atoms with Gasteiger partial charge in [0.15, 0.2) is 5.82 Å². The number of carboxylic acid groups (broad SMARTS) is 1. The molecule has 2 N–H and O–H groups in total. The highest BCUT2D eigenvalue weighted by atomic mass is 16.4. The third kappa shape index (κ3) is 2.98. The van der Waals surface area contributed by atoms with E-state index >= 15 is 0 Å². The first kappa shape index (κ1) is 14.0. The zero-order chi connectivity index (χ0) is 13.5. The van der Waals surface area contributed by atoms with Crippen LogP contribution in [0.4, 0.5) is 5.82 Å². The molecule has 1 aromatic heterocycles. The topological polar surface area (TPSA) is 75.1 Å². The van der Waals surface area contributed by atoms with Crippen LogP contribution in [0, 0.1) is 11.8 Å². The van der Waals surface area contributed by atoms with Crippen LogP contribution < -0.4 is 5.32 Å². The van der Waals surface area contributed by atoms with Crippen molar-refractivity contribution in [1.29, 1.82) is 0 Å². The van der Waals surface area contributed by atoms with Crippen molar-refractivity contribution in [3.63, 3.8) is 0 Å². The summed E-state index contributed by atoms with van der Waals surface area (Å²) in [5, 5.41) is 20.2. The number of carbonyl (C=O) groups is 1. The summed E-state index contributed by atoms with van der Waals surface area (Å²) in [4.78, 5) is 11.4. The van der Waals surface area contributed by atoms with E-state index in [4.69, 9.17) is 0 Å². The summed E-state index contributed by atoms with van der Waals surface area (Å²) in [5.41, 5.74) is 1.69. The molecule has 0 aliphatic carbocycles. The van der Waals surface area contributed by atoms with E-state index in [0.717, 1.165) is 11.3 Å². The van der Waals surface area contributed by atoms with Gasteiger partial charge in [-0.15, -0.1) is 11.0 Å². The molecule has 5 nitrogen and oxygen atoms in total. The fourth-order valence-corrected chi connectivity index (χ4v) is 1.74. The molecular weight excluding hydrogens is 230 g/mol. The predicted molar refractivity (Wildman–Crippen MR) is 69.7 cm³/mol. The highest BCUT2D eigenvalue weighted by molar-refractivity contribution is 5.95. The minimum Gasteiger partial charge on any atom is -0.478 e. The number of aryl methyl sites for hydroxylation is 1. The van der Waals surface area contributed by atoms with Crippen molar-refractivity contribution in [3.05, 3.63) is 16.8 Å². The van der Waals surface area contributed by atoms with Gasteiger partial charge in [0.1, 0.15) is 5.56 Å². The fourth-order valence-electron chi connectivity index (χ4n) is 1.74. The van der Waals surface area contributed by atoms with Crippen molar-refractivity contribution >= 4 is 11.8 Å². The summed E-state index contributed by atoms with van der Waals surface area (Å²) in [6, 6.07) is 0. The average molecular weight is 247 g/mol. The number of hydrogen-bond acceptors (Lipinski definition) is 4. The van der Waals surface area contributed by atoms with E-state index in [0.29, 0.717) is 25.2 Å². The Morgan fingerprint density at radius 3 is 2.56 bits per heavy atom. The summed E-state index contributed by atoms with van der Waals surface area (Å²) >= 11 is 0. The van der Waals surface area contributed by atoms with Crippen molar-refractivity contribution in [2.24, 2.45) is 0 Å². The van der Waals surface area contributed by atoms with Crippen molar-refractivity contribution in [1.82, 2.24) is 10.2 Å². The number of nitrogens with zero attached hydrogens (tertiary/aromatic N) is 2. The Hall–Kier alpha value is -2.09. The van der Waals surface area contributed by atoms with E-state index in [1.54, 1.807) is 6.92 Å². The molecule has 0 aromatic carbocycles. The van der Waals surface area contributed by atoms with E-state index in [2.05, 4.69) is 27.4 Å². The van der Waals surface area contributed by atoms with Crippen LogP contribution in [0.15, 0.2) is 0 Å². The van der Waals surface area contributed by atoms with E-state index in [1.165, 1.54) is 0 Å². The van der Waals surface area contributed by atoms with Crippen LogP contribution in [0.5, 0.6) is 0 Å². The second-order valence-electron chi connectivity index (χ2n) is 3.64. The Balaban J connectivity index is 3.24. The molecule has 0 aliphatic rings. The van der Waals surface area contributed by atoms with E-state index in [-0.39, 0.29) is 5.56 Å². The maximum Gasteiger partial charge on any atom is 0.339 e. The molecule has 0 saturated carbocycles. The van der Waals surface area contributed by atoms with Crippen LogP contribution in [-0.2, 0) is 12.8 Å². The highest BCUT2D eigenvalue weighted by Gasteiger charge is 2.19. The van der Waals surface area contributed by atoms with Crippen LogP contribution in [0.3, 0.4) is 0 Å². The van der Waals surface area contributed by atoms with Gasteiger partial charge in [0.2, 0.25) is 0 Å². The quantitative estimate of drug-likeness (QED) is 0.775. The second-order valence-corrected chi connectivity index (χ2v) is 3.64. The maximum atomic E-state index is 11.4. The zero-order valence-electron chi connectivity index (χ0n) is 10.9. The molecule has 96 valence electrons. The van der Waals surface area contributed by atoms with Crippen LogP contribution in [0.2, 0.25) is 0 Å². The van der Waals surface area contributed by atoms with E-state index < -0.39 is 5.97 Å². The minimum atomic E-state index is -0.983. The lowest BCUT2D eigenvalue weighted by Gasteiger charge is -2.12. The van der Waals surface area contributed by atoms with Crippen molar-refractivity contribution in [2.75, 3.05) is 11.9 Å². The van der Waals surface area contributed by atoms with Gasteiger partial charge in [-0.25, -0.2) is 4.79 Å². The molecule has 18 heavy (non-hydrogen) atoms. The van der Waals surface area contributed by atoms with Gasteiger partial charge >= 0.3 is 5.97 Å². The smallest absolute Gasteiger partial charge is 0.339 e. The number of rotatable bonds is 5. The lowest BCUT2D eigenvalue weighted by molar-refractivity contribution is 0.0696. The van der Waals surface area contributed by atoms with Gasteiger partial charge in [0.05, 0.1) is 12.2 Å². The molecule has 1 rings (SSSR count). The van der Waals surface area contributed by atoms with Gasteiger partial charge in [-0.3, -0.25) is 0 Å². The number of hydrogen-bond donors (Lipinski definition) is 2. The Bertz CT molecular complexity index is 501. The number of aromatic carboxylic acids is 1. The van der Waals surface area contributed by atoms with Gasteiger partial charge in [-0.2, -0.15) is 5.10 Å². The molecule has 0 aliphatic heterocycles. The summed E-state index contributed by atoms with van der Waals surface area (Å²) in [6.45, 7) is 5.94. The Morgan fingerprint density at radius 2 is 2.06 bits per heavy atom. The Morgan fingerprint density at radius 1 is 1.33 bits per heavy atom.